The average Bonchev–Trinajstić information content (AvgIpc) is 3.26. The molecule has 3 saturated carbocycles. The lowest BCUT2D eigenvalue weighted by molar-refractivity contribution is -0.173. The smallest absolute Gasteiger partial charge is 0.158 e. The first kappa shape index (κ1) is 26.2. The predicted octanol–water partition coefficient (Wildman–Crippen LogP) is 4.81. The fraction of sp³-hybridized carbons (Fsp3) is 0.933. The van der Waals surface area contributed by atoms with Gasteiger partial charge in [0.25, 0.3) is 0 Å². The van der Waals surface area contributed by atoms with E-state index >= 15 is 0 Å². The standard InChI is InChI=1S/C30H50O5/c1-26(2)22-9-8-20-19(28(22,5)13-12-23(26)31)11-15-29(6)18(10-14-30(20,29)7)17-16-21(35-25(17)33)24(32)27(3,4)34/h8,17-19,21-25,31-34H,9-16H2,1-7H3/t17?,18-,19+,21-,22?,23+,24+,25-,28-,29+,30-/m1/s1. The van der Waals surface area contributed by atoms with Gasteiger partial charge in [0.05, 0.1) is 17.8 Å². The molecule has 1 aliphatic heterocycles. The van der Waals surface area contributed by atoms with Gasteiger partial charge in [0.1, 0.15) is 6.10 Å². The summed E-state index contributed by atoms with van der Waals surface area (Å²) in [6.45, 7) is 15.2. The quantitative estimate of drug-likeness (QED) is 0.427. The summed E-state index contributed by atoms with van der Waals surface area (Å²) in [5, 5.41) is 42.8. The van der Waals surface area contributed by atoms with Crippen LogP contribution in [0.4, 0.5) is 0 Å². The maximum Gasteiger partial charge on any atom is 0.158 e. The van der Waals surface area contributed by atoms with E-state index in [1.54, 1.807) is 19.4 Å². The summed E-state index contributed by atoms with van der Waals surface area (Å²) in [6, 6.07) is 0. The molecule has 1 heterocycles. The van der Waals surface area contributed by atoms with Gasteiger partial charge in [-0.2, -0.15) is 0 Å². The Morgan fingerprint density at radius 1 is 1.00 bits per heavy atom. The highest BCUT2D eigenvalue weighted by Gasteiger charge is 2.66. The average molecular weight is 491 g/mol. The van der Waals surface area contributed by atoms with E-state index in [0.717, 1.165) is 38.5 Å². The largest absolute Gasteiger partial charge is 0.393 e. The van der Waals surface area contributed by atoms with Crippen molar-refractivity contribution in [3.8, 4) is 0 Å². The van der Waals surface area contributed by atoms with E-state index in [1.165, 1.54) is 6.42 Å². The Hall–Kier alpha value is -0.460. The predicted molar refractivity (Wildman–Crippen MR) is 136 cm³/mol. The lowest BCUT2D eigenvalue weighted by Crippen LogP contribution is -2.58. The van der Waals surface area contributed by atoms with Gasteiger partial charge >= 0.3 is 0 Å². The number of hydrogen-bond acceptors (Lipinski definition) is 5. The Kier molecular flexibility index (Phi) is 6.00. The monoisotopic (exact) mass is 490 g/mol. The first-order chi connectivity index (χ1) is 16.1. The summed E-state index contributed by atoms with van der Waals surface area (Å²) in [4.78, 5) is 0. The summed E-state index contributed by atoms with van der Waals surface area (Å²) >= 11 is 0. The van der Waals surface area contributed by atoms with Crippen molar-refractivity contribution in [2.45, 2.75) is 130 Å². The Balaban J connectivity index is 1.44. The molecule has 0 aromatic rings. The highest BCUT2D eigenvalue weighted by Crippen LogP contribution is 2.73. The molecule has 0 aromatic carbocycles. The van der Waals surface area contributed by atoms with Gasteiger partial charge in [-0.25, -0.2) is 0 Å². The molecule has 4 fully saturated rings. The maximum atomic E-state index is 11.0. The summed E-state index contributed by atoms with van der Waals surface area (Å²) in [6.07, 6.45) is 8.08. The second-order valence-electron chi connectivity index (χ2n) is 14.9. The highest BCUT2D eigenvalue weighted by molar-refractivity contribution is 5.33. The van der Waals surface area contributed by atoms with Gasteiger partial charge < -0.3 is 25.2 Å². The molecule has 5 heteroatoms. The second kappa shape index (κ2) is 8.02. The van der Waals surface area contributed by atoms with Crippen molar-refractivity contribution in [1.29, 1.82) is 0 Å². The van der Waals surface area contributed by atoms with Crippen molar-refractivity contribution in [2.75, 3.05) is 0 Å². The van der Waals surface area contributed by atoms with Crippen LogP contribution in [0.25, 0.3) is 0 Å². The number of aliphatic hydroxyl groups excluding tert-OH is 3. The van der Waals surface area contributed by atoms with Crippen LogP contribution < -0.4 is 0 Å². The van der Waals surface area contributed by atoms with Crippen LogP contribution in [0.3, 0.4) is 0 Å². The van der Waals surface area contributed by atoms with Crippen LogP contribution >= 0.6 is 0 Å². The van der Waals surface area contributed by atoms with E-state index in [4.69, 9.17) is 4.74 Å². The number of allylic oxidation sites excluding steroid dienone is 2. The van der Waals surface area contributed by atoms with Crippen LogP contribution in [-0.4, -0.2) is 50.6 Å². The van der Waals surface area contributed by atoms with Crippen LogP contribution in [0.5, 0.6) is 0 Å². The molecule has 0 spiro atoms. The molecule has 200 valence electrons. The van der Waals surface area contributed by atoms with Gasteiger partial charge in [-0.1, -0.05) is 46.3 Å². The lowest BCUT2D eigenvalue weighted by atomic mass is 9.41. The van der Waals surface area contributed by atoms with Crippen LogP contribution in [-0.2, 0) is 4.74 Å². The molecule has 5 aliphatic rings. The van der Waals surface area contributed by atoms with Gasteiger partial charge in [0.15, 0.2) is 6.29 Å². The molecule has 11 atom stereocenters. The fourth-order valence-corrected chi connectivity index (χ4v) is 10.2. The van der Waals surface area contributed by atoms with Gasteiger partial charge in [-0.15, -0.1) is 0 Å². The summed E-state index contributed by atoms with van der Waals surface area (Å²) < 4.78 is 5.87. The minimum Gasteiger partial charge on any atom is -0.393 e. The Morgan fingerprint density at radius 2 is 1.69 bits per heavy atom. The molecule has 5 rings (SSSR count). The molecule has 1 saturated heterocycles. The van der Waals surface area contributed by atoms with Crippen molar-refractivity contribution in [3.05, 3.63) is 11.6 Å². The first-order valence-electron chi connectivity index (χ1n) is 14.2. The van der Waals surface area contributed by atoms with Crippen molar-refractivity contribution >= 4 is 0 Å². The van der Waals surface area contributed by atoms with Crippen molar-refractivity contribution < 1.29 is 25.2 Å². The van der Waals surface area contributed by atoms with Crippen LogP contribution in [0.1, 0.15) is 99.8 Å². The third kappa shape index (κ3) is 3.51. The topological polar surface area (TPSA) is 90.2 Å². The zero-order valence-corrected chi connectivity index (χ0v) is 23.1. The summed E-state index contributed by atoms with van der Waals surface area (Å²) in [7, 11) is 0. The van der Waals surface area contributed by atoms with Crippen molar-refractivity contribution in [3.63, 3.8) is 0 Å². The second-order valence-corrected chi connectivity index (χ2v) is 14.9. The summed E-state index contributed by atoms with van der Waals surface area (Å²) in [5.74, 6) is 1.39. The Bertz CT molecular complexity index is 874. The van der Waals surface area contributed by atoms with Gasteiger partial charge in [0.2, 0.25) is 0 Å². The van der Waals surface area contributed by atoms with E-state index in [2.05, 4.69) is 40.7 Å². The molecule has 2 unspecified atom stereocenters. The molecule has 4 N–H and O–H groups in total. The molecule has 35 heavy (non-hydrogen) atoms. The molecule has 0 bridgehead atoms. The number of aliphatic hydroxyl groups is 4. The maximum absolute atomic E-state index is 11.0. The van der Waals surface area contributed by atoms with E-state index in [0.29, 0.717) is 24.2 Å². The Labute approximate surface area is 212 Å². The van der Waals surface area contributed by atoms with Crippen molar-refractivity contribution in [1.82, 2.24) is 0 Å². The van der Waals surface area contributed by atoms with Crippen LogP contribution in [0.2, 0.25) is 0 Å². The third-order valence-electron chi connectivity index (χ3n) is 12.7. The van der Waals surface area contributed by atoms with Gasteiger partial charge in [-0.05, 0) is 105 Å². The molecule has 4 aliphatic carbocycles. The highest BCUT2D eigenvalue weighted by atomic mass is 16.6. The van der Waals surface area contributed by atoms with Crippen LogP contribution in [0.15, 0.2) is 11.6 Å². The molecule has 0 amide bonds. The molecule has 0 radical (unpaired) electrons. The molecular formula is C30H50O5. The SMILES string of the molecule is CC(C)(O)[C@@H](O)[C@H]1CC([C@H]2CC[C@]3(C)C4=CCC5C(C)(C)[C@@H](O)CC[C@]5(C)[C@H]4CC[C@@]23C)[C@H](O)O1. The zero-order chi connectivity index (χ0) is 25.8. The van der Waals surface area contributed by atoms with Gasteiger partial charge in [0, 0.05) is 5.92 Å². The number of fused-ring (bicyclic) bond motifs is 5. The number of rotatable bonds is 3. The van der Waals surface area contributed by atoms with E-state index in [-0.39, 0.29) is 33.7 Å². The normalized spacial score (nSPS) is 52.3. The first-order valence-corrected chi connectivity index (χ1v) is 14.2. The Morgan fingerprint density at radius 3 is 2.34 bits per heavy atom. The van der Waals surface area contributed by atoms with E-state index < -0.39 is 24.1 Å². The number of ether oxygens (including phenoxy) is 1. The van der Waals surface area contributed by atoms with E-state index in [9.17, 15) is 20.4 Å². The molecule has 0 aromatic heterocycles. The zero-order valence-electron chi connectivity index (χ0n) is 23.1. The van der Waals surface area contributed by atoms with Crippen LogP contribution in [0, 0.1) is 45.3 Å². The molecular weight excluding hydrogens is 440 g/mol. The van der Waals surface area contributed by atoms with Gasteiger partial charge in [-0.3, -0.25) is 0 Å². The summed E-state index contributed by atoms with van der Waals surface area (Å²) in [5.41, 5.74) is 0.740. The van der Waals surface area contributed by atoms with Crippen molar-refractivity contribution in [2.24, 2.45) is 45.3 Å². The minimum atomic E-state index is -1.26. The fourth-order valence-electron chi connectivity index (χ4n) is 10.2. The van der Waals surface area contributed by atoms with E-state index in [1.807, 2.05) is 0 Å². The minimum absolute atomic E-state index is 0.0170. The molecule has 5 nitrogen and oxygen atoms in total. The lowest BCUT2D eigenvalue weighted by Gasteiger charge is -2.64. The number of hydrogen-bond donors (Lipinski definition) is 4. The third-order valence-corrected chi connectivity index (χ3v) is 12.7.